The second-order valence-electron chi connectivity index (χ2n) is 5.89. The lowest BCUT2D eigenvalue weighted by Gasteiger charge is -2.22. The Morgan fingerprint density at radius 1 is 1.24 bits per heavy atom. The highest BCUT2D eigenvalue weighted by Gasteiger charge is 2.41. The number of hydrogen-bond acceptors (Lipinski definition) is 4. The van der Waals surface area contributed by atoms with Crippen molar-refractivity contribution in [3.05, 3.63) is 23.8 Å². The van der Waals surface area contributed by atoms with Gasteiger partial charge in [-0.15, -0.1) is 0 Å². The first kappa shape index (κ1) is 14.3. The van der Waals surface area contributed by atoms with Crippen LogP contribution in [0.3, 0.4) is 0 Å². The number of carboxylic acid groups (broad SMARTS) is 1. The van der Waals surface area contributed by atoms with Gasteiger partial charge in [0.25, 0.3) is 0 Å². The molecule has 3 N–H and O–H groups in total. The van der Waals surface area contributed by atoms with Gasteiger partial charge in [0.15, 0.2) is 0 Å². The Balaban J connectivity index is 1.85. The van der Waals surface area contributed by atoms with Crippen molar-refractivity contribution in [1.82, 2.24) is 4.72 Å². The minimum absolute atomic E-state index is 0.0594. The Kier molecular flexibility index (Phi) is 3.41. The van der Waals surface area contributed by atoms with Crippen molar-refractivity contribution >= 4 is 16.0 Å². The molecular weight excluding hydrogens is 294 g/mol. The molecule has 3 rings (SSSR count). The van der Waals surface area contributed by atoms with Gasteiger partial charge in [0, 0.05) is 6.04 Å². The molecule has 0 amide bonds. The first-order valence-corrected chi connectivity index (χ1v) is 8.44. The third-order valence-electron chi connectivity index (χ3n) is 4.55. The van der Waals surface area contributed by atoms with Gasteiger partial charge in [0.2, 0.25) is 10.0 Å². The first-order chi connectivity index (χ1) is 9.87. The number of rotatable bonds is 4. The first-order valence-electron chi connectivity index (χ1n) is 6.95. The van der Waals surface area contributed by atoms with E-state index < -0.39 is 27.3 Å². The molecule has 3 unspecified atom stereocenters. The zero-order chi connectivity index (χ0) is 15.2. The smallest absolute Gasteiger partial charge is 0.339 e. The Labute approximate surface area is 122 Å². The Morgan fingerprint density at radius 3 is 2.57 bits per heavy atom. The molecule has 0 saturated heterocycles. The van der Waals surface area contributed by atoms with Crippen LogP contribution in [0, 0.1) is 11.8 Å². The van der Waals surface area contributed by atoms with Crippen molar-refractivity contribution in [2.75, 3.05) is 0 Å². The van der Waals surface area contributed by atoms with Gasteiger partial charge >= 0.3 is 5.97 Å². The average molecular weight is 311 g/mol. The van der Waals surface area contributed by atoms with Crippen molar-refractivity contribution in [3.63, 3.8) is 0 Å². The van der Waals surface area contributed by atoms with E-state index in [0.29, 0.717) is 11.8 Å². The van der Waals surface area contributed by atoms with E-state index in [4.69, 9.17) is 5.11 Å². The van der Waals surface area contributed by atoms with Crippen LogP contribution in [0.5, 0.6) is 5.75 Å². The maximum absolute atomic E-state index is 12.4. The molecule has 0 aliphatic heterocycles. The van der Waals surface area contributed by atoms with E-state index in [1.54, 1.807) is 0 Å². The number of phenols is 1. The topological polar surface area (TPSA) is 104 Å². The van der Waals surface area contributed by atoms with Crippen LogP contribution in [0.4, 0.5) is 0 Å². The normalized spacial score (nSPS) is 27.9. The van der Waals surface area contributed by atoms with Crippen LogP contribution in [0.2, 0.25) is 0 Å². The molecule has 0 radical (unpaired) electrons. The molecule has 114 valence electrons. The highest BCUT2D eigenvalue weighted by atomic mass is 32.2. The Morgan fingerprint density at radius 2 is 2.00 bits per heavy atom. The van der Waals surface area contributed by atoms with Crippen molar-refractivity contribution in [2.45, 2.75) is 36.6 Å². The second-order valence-corrected chi connectivity index (χ2v) is 7.60. The van der Waals surface area contributed by atoms with Gasteiger partial charge in [-0.25, -0.2) is 17.9 Å². The van der Waals surface area contributed by atoms with Gasteiger partial charge in [-0.05, 0) is 49.3 Å². The molecule has 0 aromatic heterocycles. The summed E-state index contributed by atoms with van der Waals surface area (Å²) in [5.74, 6) is -0.802. The number of sulfonamides is 1. The van der Waals surface area contributed by atoms with E-state index in [9.17, 15) is 18.3 Å². The highest BCUT2D eigenvalue weighted by Crippen LogP contribution is 2.44. The van der Waals surface area contributed by atoms with E-state index in [0.717, 1.165) is 31.4 Å². The molecule has 21 heavy (non-hydrogen) atoms. The van der Waals surface area contributed by atoms with E-state index in [2.05, 4.69) is 4.72 Å². The van der Waals surface area contributed by atoms with E-state index >= 15 is 0 Å². The fraction of sp³-hybridized carbons (Fsp3) is 0.500. The van der Waals surface area contributed by atoms with Crippen LogP contribution in [-0.4, -0.2) is 30.6 Å². The summed E-state index contributed by atoms with van der Waals surface area (Å²) in [6.45, 7) is 0. The molecule has 1 aromatic rings. The van der Waals surface area contributed by atoms with Crippen LogP contribution in [0.25, 0.3) is 0 Å². The molecular formula is C14H17NO5S. The van der Waals surface area contributed by atoms with E-state index in [1.165, 1.54) is 12.5 Å². The lowest BCUT2D eigenvalue weighted by Crippen LogP contribution is -2.38. The fourth-order valence-corrected chi connectivity index (χ4v) is 4.85. The zero-order valence-electron chi connectivity index (χ0n) is 11.3. The van der Waals surface area contributed by atoms with Crippen molar-refractivity contribution < 1.29 is 23.4 Å². The largest absolute Gasteiger partial charge is 0.507 e. The zero-order valence-corrected chi connectivity index (χ0v) is 12.1. The van der Waals surface area contributed by atoms with Gasteiger partial charge in [-0.1, -0.05) is 6.42 Å². The van der Waals surface area contributed by atoms with Gasteiger partial charge < -0.3 is 10.2 Å². The fourth-order valence-electron chi connectivity index (χ4n) is 3.51. The van der Waals surface area contributed by atoms with E-state index in [1.807, 2.05) is 0 Å². The summed E-state index contributed by atoms with van der Waals surface area (Å²) in [7, 11) is -3.76. The number of benzene rings is 1. The van der Waals surface area contributed by atoms with Crippen molar-refractivity contribution in [3.8, 4) is 5.75 Å². The number of fused-ring (bicyclic) bond motifs is 2. The SMILES string of the molecule is O=C(O)c1cc(S(=O)(=O)NC2CC3CCC2C3)ccc1O. The third-order valence-corrected chi connectivity index (χ3v) is 6.04. The number of aromatic hydroxyl groups is 1. The minimum Gasteiger partial charge on any atom is -0.507 e. The molecule has 2 bridgehead atoms. The Bertz CT molecular complexity index is 685. The summed E-state index contributed by atoms with van der Waals surface area (Å²) in [5, 5.41) is 18.4. The molecule has 7 heteroatoms. The molecule has 0 spiro atoms. The average Bonchev–Trinajstić information content (AvgIpc) is 3.00. The predicted molar refractivity (Wildman–Crippen MR) is 74.6 cm³/mol. The number of carbonyl (C=O) groups is 1. The molecule has 2 aliphatic rings. The lowest BCUT2D eigenvalue weighted by atomic mass is 9.96. The highest BCUT2D eigenvalue weighted by molar-refractivity contribution is 7.89. The summed E-state index contributed by atoms with van der Waals surface area (Å²) >= 11 is 0. The maximum atomic E-state index is 12.4. The number of hydrogen-bond donors (Lipinski definition) is 3. The molecule has 2 saturated carbocycles. The van der Waals surface area contributed by atoms with Gasteiger partial charge in [-0.2, -0.15) is 0 Å². The van der Waals surface area contributed by atoms with Gasteiger partial charge in [0.1, 0.15) is 11.3 Å². The molecule has 3 atom stereocenters. The quantitative estimate of drug-likeness (QED) is 0.783. The summed E-state index contributed by atoms with van der Waals surface area (Å²) in [5.41, 5.74) is -0.411. The maximum Gasteiger partial charge on any atom is 0.339 e. The molecule has 6 nitrogen and oxygen atoms in total. The van der Waals surface area contributed by atoms with Crippen LogP contribution in [0.15, 0.2) is 23.1 Å². The van der Waals surface area contributed by atoms with Gasteiger partial charge in [0.05, 0.1) is 4.90 Å². The minimum atomic E-state index is -3.76. The summed E-state index contributed by atoms with van der Waals surface area (Å²) in [6, 6.07) is 3.25. The summed E-state index contributed by atoms with van der Waals surface area (Å²) < 4.78 is 27.4. The van der Waals surface area contributed by atoms with Crippen LogP contribution in [0.1, 0.15) is 36.0 Å². The molecule has 0 heterocycles. The molecule has 2 fully saturated rings. The lowest BCUT2D eigenvalue weighted by molar-refractivity contribution is 0.0693. The Hall–Kier alpha value is -1.60. The predicted octanol–water partition coefficient (Wildman–Crippen LogP) is 1.56. The van der Waals surface area contributed by atoms with Crippen LogP contribution >= 0.6 is 0 Å². The van der Waals surface area contributed by atoms with Crippen LogP contribution < -0.4 is 4.72 Å². The second kappa shape index (κ2) is 4.99. The summed E-state index contributed by atoms with van der Waals surface area (Å²) in [6.07, 6.45) is 4.15. The van der Waals surface area contributed by atoms with Crippen molar-refractivity contribution in [2.24, 2.45) is 11.8 Å². The van der Waals surface area contributed by atoms with E-state index in [-0.39, 0.29) is 10.9 Å². The monoisotopic (exact) mass is 311 g/mol. The third kappa shape index (κ3) is 2.63. The standard InChI is InChI=1S/C14H17NO5S/c16-13-4-3-10(7-11(13)14(17)18)21(19,20)15-12-6-8-1-2-9(12)5-8/h3-4,7-9,12,15-16H,1-2,5-6H2,(H,17,18). The number of aromatic carboxylic acids is 1. The van der Waals surface area contributed by atoms with Crippen LogP contribution in [-0.2, 0) is 10.0 Å². The van der Waals surface area contributed by atoms with Gasteiger partial charge in [-0.3, -0.25) is 0 Å². The number of nitrogens with one attached hydrogen (secondary N) is 1. The molecule has 2 aliphatic carbocycles. The number of carboxylic acids is 1. The summed E-state index contributed by atoms with van der Waals surface area (Å²) in [4.78, 5) is 10.8. The molecule has 1 aromatic carbocycles. The van der Waals surface area contributed by atoms with Crippen molar-refractivity contribution in [1.29, 1.82) is 0 Å².